The van der Waals surface area contributed by atoms with Gasteiger partial charge in [-0.3, -0.25) is 9.36 Å². The molecule has 3 N–H and O–H groups in total. The van der Waals surface area contributed by atoms with Crippen molar-refractivity contribution in [1.82, 2.24) is 9.55 Å². The Bertz CT molecular complexity index is 1210. The van der Waals surface area contributed by atoms with E-state index in [9.17, 15) is 28.3 Å². The van der Waals surface area contributed by atoms with E-state index in [-0.39, 0.29) is 24.4 Å². The third kappa shape index (κ3) is 8.88. The number of esters is 1. The first-order valence-corrected chi connectivity index (χ1v) is 14.1. The molecule has 1 aromatic heterocycles. The molecule has 1 amide bonds. The number of carbonyl (C=O) groups excluding carboxylic acids is 2. The molecular formula is C29H39F2N3O7. The predicted molar refractivity (Wildman–Crippen MR) is 147 cm³/mol. The maximum atomic E-state index is 14.4. The number of benzene rings is 1. The molecule has 1 aromatic carbocycles. The van der Waals surface area contributed by atoms with E-state index in [0.717, 1.165) is 31.5 Å². The average Bonchev–Trinajstić information content (AvgIpc) is 3.17. The molecule has 3 atom stereocenters. The number of nitrogens with one attached hydrogen (secondary N) is 1. The van der Waals surface area contributed by atoms with Crippen molar-refractivity contribution in [3.05, 3.63) is 58.1 Å². The number of nitrogens with zero attached hydrogens (tertiary/aromatic N) is 2. The fourth-order valence-corrected chi connectivity index (χ4v) is 4.67. The summed E-state index contributed by atoms with van der Waals surface area (Å²) in [4.78, 5) is 41.3. The predicted octanol–water partition coefficient (Wildman–Crippen LogP) is 4.00. The summed E-state index contributed by atoms with van der Waals surface area (Å²) in [5.41, 5.74) is -0.489. The molecule has 2 aromatic rings. The highest BCUT2D eigenvalue weighted by molar-refractivity contribution is 5.96. The van der Waals surface area contributed by atoms with Crippen LogP contribution in [0.3, 0.4) is 0 Å². The second kappa shape index (κ2) is 15.7. The topological polar surface area (TPSA) is 140 Å². The van der Waals surface area contributed by atoms with Gasteiger partial charge in [-0.15, -0.1) is 0 Å². The van der Waals surface area contributed by atoms with Crippen molar-refractivity contribution in [1.29, 1.82) is 0 Å². The van der Waals surface area contributed by atoms with E-state index in [0.29, 0.717) is 10.1 Å². The smallest absolute Gasteiger partial charge is 0.351 e. The van der Waals surface area contributed by atoms with Gasteiger partial charge in [-0.25, -0.2) is 9.59 Å². The number of amides is 1. The number of hydrogen-bond acceptors (Lipinski definition) is 8. The maximum Gasteiger partial charge on any atom is 0.351 e. The fraction of sp³-hybridized carbons (Fsp3) is 0.586. The molecule has 1 fully saturated rings. The van der Waals surface area contributed by atoms with E-state index in [2.05, 4.69) is 17.2 Å². The largest absolute Gasteiger partial charge is 0.462 e. The molecular weight excluding hydrogens is 540 g/mol. The van der Waals surface area contributed by atoms with Crippen LogP contribution in [0.2, 0.25) is 0 Å². The Hall–Kier alpha value is -3.22. The molecule has 0 saturated carbocycles. The van der Waals surface area contributed by atoms with Crippen LogP contribution >= 0.6 is 0 Å². The molecule has 2 heterocycles. The molecule has 0 aliphatic carbocycles. The monoisotopic (exact) mass is 579 g/mol. The van der Waals surface area contributed by atoms with Crippen LogP contribution in [-0.4, -0.2) is 63.0 Å². The quantitative estimate of drug-likeness (QED) is 0.200. The third-order valence-electron chi connectivity index (χ3n) is 6.98. The Labute approximate surface area is 237 Å². The molecule has 10 nitrogen and oxygen atoms in total. The van der Waals surface area contributed by atoms with E-state index in [1.807, 2.05) is 0 Å². The Morgan fingerprint density at radius 2 is 1.73 bits per heavy atom. The number of aliphatic hydroxyl groups is 2. The number of halogens is 2. The Morgan fingerprint density at radius 1 is 1.07 bits per heavy atom. The van der Waals surface area contributed by atoms with Crippen molar-refractivity contribution >= 4 is 17.7 Å². The highest BCUT2D eigenvalue weighted by atomic mass is 19.3. The minimum absolute atomic E-state index is 0.192. The minimum atomic E-state index is -3.85. The van der Waals surface area contributed by atoms with E-state index in [1.54, 1.807) is 24.3 Å². The summed E-state index contributed by atoms with van der Waals surface area (Å²) < 4.78 is 39.6. The number of ether oxygens (including phenoxy) is 2. The second-order valence-electron chi connectivity index (χ2n) is 10.2. The van der Waals surface area contributed by atoms with Crippen LogP contribution in [0.5, 0.6) is 0 Å². The molecule has 3 rings (SSSR count). The van der Waals surface area contributed by atoms with Crippen LogP contribution in [0.15, 0.2) is 41.3 Å². The molecule has 0 radical (unpaired) electrons. The third-order valence-corrected chi connectivity index (χ3v) is 6.98. The molecule has 0 bridgehead atoms. The van der Waals surface area contributed by atoms with E-state index >= 15 is 0 Å². The van der Waals surface area contributed by atoms with Crippen molar-refractivity contribution in [3.8, 4) is 0 Å². The normalized spacial score (nSPS) is 19.7. The number of anilines is 1. The first kappa shape index (κ1) is 32.3. The zero-order valence-electron chi connectivity index (χ0n) is 23.3. The fourth-order valence-electron chi connectivity index (χ4n) is 4.67. The Morgan fingerprint density at radius 3 is 2.37 bits per heavy atom. The number of rotatable bonds is 16. The Kier molecular flexibility index (Phi) is 12.4. The van der Waals surface area contributed by atoms with Gasteiger partial charge in [0.25, 0.3) is 0 Å². The van der Waals surface area contributed by atoms with Gasteiger partial charge in [0.1, 0.15) is 11.9 Å². The Balaban J connectivity index is 1.50. The van der Waals surface area contributed by atoms with Crippen LogP contribution in [0.25, 0.3) is 0 Å². The van der Waals surface area contributed by atoms with Crippen LogP contribution in [0, 0.1) is 0 Å². The number of aliphatic hydroxyl groups excluding tert-OH is 2. The summed E-state index contributed by atoms with van der Waals surface area (Å²) in [6.07, 6.45) is 4.97. The van der Waals surface area contributed by atoms with Crippen LogP contribution in [-0.2, 0) is 20.7 Å². The molecule has 1 aliphatic rings. The molecule has 12 heteroatoms. The average molecular weight is 580 g/mol. The van der Waals surface area contributed by atoms with E-state index in [1.165, 1.54) is 38.5 Å². The van der Waals surface area contributed by atoms with Crippen molar-refractivity contribution < 1.29 is 38.1 Å². The molecule has 0 spiro atoms. The standard InChI is InChI=1S/C29H39F2N3O7/c1-2-3-4-5-6-7-8-9-12-17-40-26(38)21-14-11-10-13-20(21)18-24(36)32-23-15-16-34(28(39)33-23)27-29(30,31)25(37)22(19-35)41-27/h10-11,13-16,22,25,27,35,37H,2-9,12,17-19H2,1H3,(H,32,33,36,39)/t22-,25-,27-/m1/s1. The van der Waals surface area contributed by atoms with Gasteiger partial charge in [-0.2, -0.15) is 13.8 Å². The summed E-state index contributed by atoms with van der Waals surface area (Å²) in [5, 5.41) is 21.2. The van der Waals surface area contributed by atoms with Gasteiger partial charge in [0, 0.05) is 6.20 Å². The van der Waals surface area contributed by atoms with Gasteiger partial charge < -0.3 is 25.0 Å². The van der Waals surface area contributed by atoms with Gasteiger partial charge >= 0.3 is 17.6 Å². The minimum Gasteiger partial charge on any atom is -0.462 e. The summed E-state index contributed by atoms with van der Waals surface area (Å²) in [5.74, 6) is -5.17. The zero-order valence-corrected chi connectivity index (χ0v) is 23.3. The first-order chi connectivity index (χ1) is 19.7. The molecule has 0 unspecified atom stereocenters. The van der Waals surface area contributed by atoms with Crippen molar-refractivity contribution in [2.45, 2.75) is 95.5 Å². The number of hydrogen-bond donors (Lipinski definition) is 3. The maximum absolute atomic E-state index is 14.4. The highest BCUT2D eigenvalue weighted by Crippen LogP contribution is 2.42. The molecule has 41 heavy (non-hydrogen) atoms. The van der Waals surface area contributed by atoms with Gasteiger partial charge in [0.2, 0.25) is 12.1 Å². The summed E-state index contributed by atoms with van der Waals surface area (Å²) in [7, 11) is 0. The van der Waals surface area contributed by atoms with Crippen molar-refractivity contribution in [2.75, 3.05) is 18.5 Å². The highest BCUT2D eigenvalue weighted by Gasteiger charge is 2.59. The lowest BCUT2D eigenvalue weighted by atomic mass is 10.0. The second-order valence-corrected chi connectivity index (χ2v) is 10.2. The van der Waals surface area contributed by atoms with Gasteiger partial charge in [0.15, 0.2) is 6.10 Å². The molecule has 1 aliphatic heterocycles. The van der Waals surface area contributed by atoms with Crippen LogP contribution in [0.4, 0.5) is 14.6 Å². The van der Waals surface area contributed by atoms with Gasteiger partial charge in [-0.1, -0.05) is 76.5 Å². The zero-order chi connectivity index (χ0) is 29.8. The number of alkyl halides is 2. The SMILES string of the molecule is CCCCCCCCCCCOC(=O)c1ccccc1CC(=O)Nc1ccn([C@@H]2O[C@H](CO)[C@@H](O)C2(F)F)c(=O)n1. The van der Waals surface area contributed by atoms with Crippen LogP contribution < -0.4 is 11.0 Å². The van der Waals surface area contributed by atoms with Crippen molar-refractivity contribution in [3.63, 3.8) is 0 Å². The molecule has 226 valence electrons. The lowest BCUT2D eigenvalue weighted by molar-refractivity contribution is -0.141. The van der Waals surface area contributed by atoms with E-state index in [4.69, 9.17) is 14.6 Å². The van der Waals surface area contributed by atoms with E-state index < -0.39 is 48.5 Å². The van der Waals surface area contributed by atoms with Crippen molar-refractivity contribution in [2.24, 2.45) is 0 Å². The summed E-state index contributed by atoms with van der Waals surface area (Å²) in [6, 6.07) is 7.65. The number of aromatic nitrogens is 2. The first-order valence-electron chi connectivity index (χ1n) is 14.1. The summed E-state index contributed by atoms with van der Waals surface area (Å²) >= 11 is 0. The lowest BCUT2D eigenvalue weighted by Gasteiger charge is -2.21. The molecule has 1 saturated heterocycles. The number of carbonyl (C=O) groups is 2. The van der Waals surface area contributed by atoms with Crippen LogP contribution in [0.1, 0.15) is 86.9 Å². The number of unbranched alkanes of at least 4 members (excludes halogenated alkanes) is 8. The van der Waals surface area contributed by atoms with Gasteiger partial charge in [0.05, 0.1) is 25.2 Å². The summed E-state index contributed by atoms with van der Waals surface area (Å²) in [6.45, 7) is 1.62. The van der Waals surface area contributed by atoms with Gasteiger partial charge in [-0.05, 0) is 24.1 Å². The lowest BCUT2D eigenvalue weighted by Crippen LogP contribution is -2.41.